The van der Waals surface area contributed by atoms with Crippen LogP contribution in [0.1, 0.15) is 21.7 Å². The van der Waals surface area contributed by atoms with Crippen LogP contribution in [-0.2, 0) is 0 Å². The standard InChI is InChI=1S/C19H16N2O4/c1-12-7-8-15(13(2)11-12)20-19(22)18-10-9-17(25-18)14-5-3-4-6-16(14)21(23)24/h3-11H,1-2H3,(H,20,22). The van der Waals surface area contributed by atoms with Crippen molar-refractivity contribution >= 4 is 17.3 Å². The lowest BCUT2D eigenvalue weighted by atomic mass is 10.1. The van der Waals surface area contributed by atoms with Gasteiger partial charge in [-0.15, -0.1) is 0 Å². The minimum Gasteiger partial charge on any atom is -0.451 e. The van der Waals surface area contributed by atoms with E-state index in [9.17, 15) is 14.9 Å². The number of anilines is 1. The number of nitro benzene ring substituents is 1. The predicted molar refractivity (Wildman–Crippen MR) is 94.7 cm³/mol. The van der Waals surface area contributed by atoms with E-state index >= 15 is 0 Å². The molecule has 0 atom stereocenters. The van der Waals surface area contributed by atoms with Gasteiger partial charge in [-0.3, -0.25) is 14.9 Å². The highest BCUT2D eigenvalue weighted by atomic mass is 16.6. The minimum absolute atomic E-state index is 0.0711. The van der Waals surface area contributed by atoms with E-state index < -0.39 is 10.8 Å². The number of benzene rings is 2. The molecule has 1 N–H and O–H groups in total. The molecule has 0 spiro atoms. The van der Waals surface area contributed by atoms with Crippen LogP contribution in [0.25, 0.3) is 11.3 Å². The number of carbonyl (C=O) groups excluding carboxylic acids is 1. The van der Waals surface area contributed by atoms with Gasteiger partial charge in [0.05, 0.1) is 10.5 Å². The summed E-state index contributed by atoms with van der Waals surface area (Å²) in [5.74, 6) is -0.0389. The molecule has 1 amide bonds. The van der Waals surface area contributed by atoms with Crippen molar-refractivity contribution in [3.05, 3.63) is 81.6 Å². The van der Waals surface area contributed by atoms with Crippen LogP contribution in [0.2, 0.25) is 0 Å². The highest BCUT2D eigenvalue weighted by molar-refractivity contribution is 6.03. The van der Waals surface area contributed by atoms with Gasteiger partial charge in [-0.1, -0.05) is 29.8 Å². The van der Waals surface area contributed by atoms with E-state index in [-0.39, 0.29) is 17.2 Å². The molecule has 6 nitrogen and oxygen atoms in total. The highest BCUT2D eigenvalue weighted by Gasteiger charge is 2.19. The second-order valence-corrected chi connectivity index (χ2v) is 5.71. The zero-order valence-corrected chi connectivity index (χ0v) is 13.8. The van der Waals surface area contributed by atoms with Gasteiger partial charge in [0.2, 0.25) is 0 Å². The Hall–Kier alpha value is -3.41. The number of carbonyl (C=O) groups is 1. The van der Waals surface area contributed by atoms with Crippen molar-refractivity contribution in [2.75, 3.05) is 5.32 Å². The fourth-order valence-corrected chi connectivity index (χ4v) is 2.58. The van der Waals surface area contributed by atoms with Crippen LogP contribution in [-0.4, -0.2) is 10.8 Å². The van der Waals surface area contributed by atoms with Crippen LogP contribution in [0.15, 0.2) is 59.0 Å². The van der Waals surface area contributed by atoms with E-state index in [1.54, 1.807) is 24.3 Å². The number of hydrogen-bond acceptors (Lipinski definition) is 4. The third-order valence-electron chi connectivity index (χ3n) is 3.83. The van der Waals surface area contributed by atoms with E-state index in [1.807, 2.05) is 32.0 Å². The molecule has 1 heterocycles. The quantitative estimate of drug-likeness (QED) is 0.551. The molecule has 0 unspecified atom stereocenters. The van der Waals surface area contributed by atoms with E-state index in [2.05, 4.69) is 5.32 Å². The van der Waals surface area contributed by atoms with Gasteiger partial charge in [0, 0.05) is 11.8 Å². The average Bonchev–Trinajstić information content (AvgIpc) is 3.07. The molecule has 25 heavy (non-hydrogen) atoms. The van der Waals surface area contributed by atoms with Crippen molar-refractivity contribution < 1.29 is 14.1 Å². The molecule has 0 saturated heterocycles. The second-order valence-electron chi connectivity index (χ2n) is 5.71. The van der Waals surface area contributed by atoms with Crippen molar-refractivity contribution in [2.45, 2.75) is 13.8 Å². The molecular weight excluding hydrogens is 320 g/mol. The molecule has 3 aromatic rings. The Morgan fingerprint density at radius 2 is 1.84 bits per heavy atom. The number of nitro groups is 1. The van der Waals surface area contributed by atoms with Crippen molar-refractivity contribution in [1.82, 2.24) is 0 Å². The molecule has 126 valence electrons. The van der Waals surface area contributed by atoms with E-state index in [0.29, 0.717) is 11.3 Å². The molecule has 0 saturated carbocycles. The molecule has 2 aromatic carbocycles. The molecule has 0 aliphatic heterocycles. The smallest absolute Gasteiger partial charge is 0.291 e. The average molecular weight is 336 g/mol. The largest absolute Gasteiger partial charge is 0.451 e. The first-order valence-corrected chi connectivity index (χ1v) is 7.68. The number of furan rings is 1. The number of rotatable bonds is 4. The molecule has 1 aromatic heterocycles. The van der Waals surface area contributed by atoms with Crippen LogP contribution < -0.4 is 5.32 Å². The summed E-state index contributed by atoms with van der Waals surface area (Å²) in [6, 6.07) is 15.0. The first-order chi connectivity index (χ1) is 12.0. The molecule has 6 heteroatoms. The van der Waals surface area contributed by atoms with Gasteiger partial charge in [-0.25, -0.2) is 0 Å². The van der Waals surface area contributed by atoms with Crippen LogP contribution in [0.4, 0.5) is 11.4 Å². The summed E-state index contributed by atoms with van der Waals surface area (Å²) in [6.07, 6.45) is 0. The fraction of sp³-hybridized carbons (Fsp3) is 0.105. The molecule has 0 fully saturated rings. The lowest BCUT2D eigenvalue weighted by Crippen LogP contribution is -2.11. The monoisotopic (exact) mass is 336 g/mol. The van der Waals surface area contributed by atoms with Gasteiger partial charge in [0.15, 0.2) is 5.76 Å². The summed E-state index contributed by atoms with van der Waals surface area (Å²) in [4.78, 5) is 23.0. The van der Waals surface area contributed by atoms with Gasteiger partial charge < -0.3 is 9.73 Å². The van der Waals surface area contributed by atoms with Crippen LogP contribution in [0.3, 0.4) is 0 Å². The Balaban J connectivity index is 1.86. The summed E-state index contributed by atoms with van der Waals surface area (Å²) >= 11 is 0. The predicted octanol–water partition coefficient (Wildman–Crippen LogP) is 4.72. The fourth-order valence-electron chi connectivity index (χ4n) is 2.58. The van der Waals surface area contributed by atoms with Crippen molar-refractivity contribution in [3.8, 4) is 11.3 Å². The molecule has 0 aliphatic rings. The third-order valence-corrected chi connectivity index (χ3v) is 3.83. The lowest BCUT2D eigenvalue weighted by molar-refractivity contribution is -0.384. The Morgan fingerprint density at radius 1 is 1.08 bits per heavy atom. The van der Waals surface area contributed by atoms with Gasteiger partial charge in [0.1, 0.15) is 5.76 Å². The minimum atomic E-state index is -0.479. The van der Waals surface area contributed by atoms with Crippen molar-refractivity contribution in [2.24, 2.45) is 0 Å². The maximum atomic E-state index is 12.4. The first-order valence-electron chi connectivity index (χ1n) is 7.68. The van der Waals surface area contributed by atoms with E-state index in [0.717, 1.165) is 11.1 Å². The van der Waals surface area contributed by atoms with Crippen molar-refractivity contribution in [1.29, 1.82) is 0 Å². The summed E-state index contributed by atoms with van der Waals surface area (Å²) < 4.78 is 5.54. The molecule has 0 aliphatic carbocycles. The summed E-state index contributed by atoms with van der Waals surface area (Å²) in [5, 5.41) is 13.9. The lowest BCUT2D eigenvalue weighted by Gasteiger charge is -2.07. The number of nitrogens with zero attached hydrogens (tertiary/aromatic N) is 1. The Morgan fingerprint density at radius 3 is 2.56 bits per heavy atom. The Bertz CT molecular complexity index is 960. The van der Waals surface area contributed by atoms with Crippen LogP contribution >= 0.6 is 0 Å². The number of hydrogen-bond donors (Lipinski definition) is 1. The van der Waals surface area contributed by atoms with E-state index in [4.69, 9.17) is 4.42 Å². The Kier molecular flexibility index (Phi) is 4.35. The number of aryl methyl sites for hydroxylation is 2. The number of para-hydroxylation sites is 1. The van der Waals surface area contributed by atoms with Gasteiger partial charge >= 0.3 is 0 Å². The normalized spacial score (nSPS) is 10.5. The molecule has 0 bridgehead atoms. The molecular formula is C19H16N2O4. The first kappa shape index (κ1) is 16.4. The zero-order chi connectivity index (χ0) is 18.0. The second kappa shape index (κ2) is 6.60. The van der Waals surface area contributed by atoms with Gasteiger partial charge in [0.25, 0.3) is 11.6 Å². The SMILES string of the molecule is Cc1ccc(NC(=O)c2ccc(-c3ccccc3[N+](=O)[O-])o2)c(C)c1. The Labute approximate surface area is 144 Å². The highest BCUT2D eigenvalue weighted by Crippen LogP contribution is 2.31. The van der Waals surface area contributed by atoms with Crippen LogP contribution in [0, 0.1) is 24.0 Å². The number of nitrogens with one attached hydrogen (secondary N) is 1. The molecule has 0 radical (unpaired) electrons. The van der Waals surface area contributed by atoms with Crippen LogP contribution in [0.5, 0.6) is 0 Å². The summed E-state index contributed by atoms with van der Waals surface area (Å²) in [5.41, 5.74) is 3.00. The number of amides is 1. The van der Waals surface area contributed by atoms with E-state index in [1.165, 1.54) is 12.1 Å². The zero-order valence-electron chi connectivity index (χ0n) is 13.8. The van der Waals surface area contributed by atoms with Crippen molar-refractivity contribution in [3.63, 3.8) is 0 Å². The maximum absolute atomic E-state index is 12.4. The maximum Gasteiger partial charge on any atom is 0.291 e. The van der Waals surface area contributed by atoms with Gasteiger partial charge in [-0.2, -0.15) is 0 Å². The van der Waals surface area contributed by atoms with Gasteiger partial charge in [-0.05, 0) is 43.7 Å². The summed E-state index contributed by atoms with van der Waals surface area (Å²) in [7, 11) is 0. The summed E-state index contributed by atoms with van der Waals surface area (Å²) in [6.45, 7) is 3.88. The third kappa shape index (κ3) is 3.42. The topological polar surface area (TPSA) is 85.4 Å². The molecule has 3 rings (SSSR count).